The number of hydrogen-bond donors (Lipinski definition) is 2. The Bertz CT molecular complexity index is 675. The van der Waals surface area contributed by atoms with Crippen molar-refractivity contribution < 1.29 is 9.47 Å². The van der Waals surface area contributed by atoms with E-state index in [0.29, 0.717) is 29.4 Å². The average Bonchev–Trinajstić information content (AvgIpc) is 2.53. The highest BCUT2D eigenvalue weighted by Crippen LogP contribution is 2.31. The summed E-state index contributed by atoms with van der Waals surface area (Å²) in [5.41, 5.74) is 0.746. The maximum Gasteiger partial charge on any atom is 0.189 e. The molecule has 1 aromatic heterocycles. The molecule has 5 heteroatoms. The van der Waals surface area contributed by atoms with Crippen molar-refractivity contribution in [1.29, 1.82) is 0 Å². The third kappa shape index (κ3) is 3.03. The molecule has 21 heavy (non-hydrogen) atoms. The van der Waals surface area contributed by atoms with Crippen LogP contribution < -0.4 is 20.2 Å². The minimum atomic E-state index is -0.0213. The molecule has 0 saturated carbocycles. The van der Waals surface area contributed by atoms with Crippen molar-refractivity contribution in [2.45, 2.75) is 12.8 Å². The Labute approximate surface area is 123 Å². The number of hydrogen-bond acceptors (Lipinski definition) is 4. The summed E-state index contributed by atoms with van der Waals surface area (Å²) < 4.78 is 11.3. The standard InChI is InChI=1S/C16H20N2O3/c1-20-15-8-12-13(18-7-4-14(12)19)9-16(15)21-10-11-2-5-17-6-3-11/h4,7-9,11,17H,2-3,5-6,10H2,1H3,(H,18,19). The smallest absolute Gasteiger partial charge is 0.189 e. The van der Waals surface area contributed by atoms with E-state index in [9.17, 15) is 4.79 Å². The lowest BCUT2D eigenvalue weighted by Gasteiger charge is -2.23. The van der Waals surface area contributed by atoms with Gasteiger partial charge in [-0.1, -0.05) is 0 Å². The van der Waals surface area contributed by atoms with Crippen molar-refractivity contribution in [3.63, 3.8) is 0 Å². The lowest BCUT2D eigenvalue weighted by atomic mass is 9.99. The summed E-state index contributed by atoms with van der Waals surface area (Å²) in [6.07, 6.45) is 3.91. The normalized spacial score (nSPS) is 16.0. The lowest BCUT2D eigenvalue weighted by Crippen LogP contribution is -2.30. The fraction of sp³-hybridized carbons (Fsp3) is 0.438. The number of benzene rings is 1. The molecular weight excluding hydrogens is 268 g/mol. The van der Waals surface area contributed by atoms with Crippen LogP contribution in [0, 0.1) is 5.92 Å². The van der Waals surface area contributed by atoms with Gasteiger partial charge < -0.3 is 19.8 Å². The zero-order valence-corrected chi connectivity index (χ0v) is 12.1. The number of H-pyrrole nitrogens is 1. The van der Waals surface area contributed by atoms with Crippen LogP contribution in [0.5, 0.6) is 11.5 Å². The monoisotopic (exact) mass is 288 g/mol. The minimum Gasteiger partial charge on any atom is -0.493 e. The summed E-state index contributed by atoms with van der Waals surface area (Å²) in [5.74, 6) is 1.86. The fourth-order valence-corrected chi connectivity index (χ4v) is 2.71. The summed E-state index contributed by atoms with van der Waals surface area (Å²) in [7, 11) is 1.59. The first-order valence-corrected chi connectivity index (χ1v) is 7.31. The summed E-state index contributed by atoms with van der Waals surface area (Å²) >= 11 is 0. The van der Waals surface area contributed by atoms with E-state index in [1.165, 1.54) is 6.07 Å². The zero-order valence-electron chi connectivity index (χ0n) is 12.1. The van der Waals surface area contributed by atoms with Gasteiger partial charge in [-0.2, -0.15) is 0 Å². The number of rotatable bonds is 4. The van der Waals surface area contributed by atoms with Gasteiger partial charge in [0.1, 0.15) is 0 Å². The van der Waals surface area contributed by atoms with Crippen LogP contribution >= 0.6 is 0 Å². The number of aromatic amines is 1. The highest BCUT2D eigenvalue weighted by Gasteiger charge is 2.15. The number of fused-ring (bicyclic) bond motifs is 1. The molecule has 2 aromatic rings. The summed E-state index contributed by atoms with van der Waals surface area (Å²) in [4.78, 5) is 14.9. The van der Waals surface area contributed by atoms with Crippen molar-refractivity contribution >= 4 is 10.9 Å². The van der Waals surface area contributed by atoms with Gasteiger partial charge in [-0.15, -0.1) is 0 Å². The molecule has 2 N–H and O–H groups in total. The molecule has 3 rings (SSSR count). The topological polar surface area (TPSA) is 63.4 Å². The van der Waals surface area contributed by atoms with Crippen molar-refractivity contribution in [2.24, 2.45) is 5.92 Å². The second-order valence-electron chi connectivity index (χ2n) is 5.39. The Balaban J connectivity index is 1.84. The average molecular weight is 288 g/mol. The number of pyridine rings is 1. The van der Waals surface area contributed by atoms with Gasteiger partial charge in [-0.25, -0.2) is 0 Å². The molecule has 0 unspecified atom stereocenters. The Hall–Kier alpha value is -2.01. The van der Waals surface area contributed by atoms with Crippen LogP contribution in [0.3, 0.4) is 0 Å². The summed E-state index contributed by atoms with van der Waals surface area (Å²) in [6, 6.07) is 5.10. The van der Waals surface area contributed by atoms with Gasteiger partial charge >= 0.3 is 0 Å². The number of ether oxygens (including phenoxy) is 2. The van der Waals surface area contributed by atoms with Gasteiger partial charge in [0, 0.05) is 23.7 Å². The van der Waals surface area contributed by atoms with Crippen LogP contribution in [-0.2, 0) is 0 Å². The van der Waals surface area contributed by atoms with E-state index in [4.69, 9.17) is 9.47 Å². The van der Waals surface area contributed by atoms with Crippen molar-refractivity contribution in [2.75, 3.05) is 26.8 Å². The van der Waals surface area contributed by atoms with Gasteiger partial charge in [-0.3, -0.25) is 4.79 Å². The molecule has 0 amide bonds. The molecule has 0 bridgehead atoms. The molecule has 0 atom stereocenters. The third-order valence-electron chi connectivity index (χ3n) is 3.98. The zero-order chi connectivity index (χ0) is 14.7. The van der Waals surface area contributed by atoms with E-state index in [1.54, 1.807) is 19.4 Å². The molecule has 1 aromatic carbocycles. The Morgan fingerprint density at radius 3 is 2.81 bits per heavy atom. The lowest BCUT2D eigenvalue weighted by molar-refractivity contribution is 0.208. The molecule has 1 aliphatic heterocycles. The van der Waals surface area contributed by atoms with Crippen LogP contribution in [0.25, 0.3) is 10.9 Å². The Morgan fingerprint density at radius 2 is 2.05 bits per heavy atom. The maximum absolute atomic E-state index is 11.8. The SMILES string of the molecule is COc1cc2c(=O)cc[nH]c2cc1OCC1CCNCC1. The van der Waals surface area contributed by atoms with E-state index < -0.39 is 0 Å². The van der Waals surface area contributed by atoms with Gasteiger partial charge in [0.2, 0.25) is 0 Å². The Morgan fingerprint density at radius 1 is 1.24 bits per heavy atom. The predicted octanol–water partition coefficient (Wildman–Crippen LogP) is 1.92. The van der Waals surface area contributed by atoms with Crippen molar-refractivity contribution in [3.05, 3.63) is 34.6 Å². The molecule has 1 fully saturated rings. The second kappa shape index (κ2) is 6.18. The van der Waals surface area contributed by atoms with E-state index in [-0.39, 0.29) is 5.43 Å². The van der Waals surface area contributed by atoms with Gasteiger partial charge in [-0.05, 0) is 37.9 Å². The molecule has 0 spiro atoms. The largest absolute Gasteiger partial charge is 0.493 e. The number of aromatic nitrogens is 1. The highest BCUT2D eigenvalue weighted by atomic mass is 16.5. The first-order valence-electron chi connectivity index (χ1n) is 7.31. The summed E-state index contributed by atoms with van der Waals surface area (Å²) in [6.45, 7) is 2.78. The molecule has 5 nitrogen and oxygen atoms in total. The molecule has 2 heterocycles. The minimum absolute atomic E-state index is 0.0213. The van der Waals surface area contributed by atoms with Crippen LogP contribution in [0.15, 0.2) is 29.2 Å². The quantitative estimate of drug-likeness (QED) is 0.902. The molecule has 1 aliphatic rings. The van der Waals surface area contributed by atoms with E-state index >= 15 is 0 Å². The maximum atomic E-state index is 11.8. The van der Waals surface area contributed by atoms with Crippen LogP contribution in [0.1, 0.15) is 12.8 Å². The van der Waals surface area contributed by atoms with Crippen molar-refractivity contribution in [1.82, 2.24) is 10.3 Å². The number of methoxy groups -OCH3 is 1. The highest BCUT2D eigenvalue weighted by molar-refractivity contribution is 5.82. The fourth-order valence-electron chi connectivity index (χ4n) is 2.71. The van der Waals surface area contributed by atoms with Gasteiger partial charge in [0.15, 0.2) is 16.9 Å². The van der Waals surface area contributed by atoms with E-state index in [1.807, 2.05) is 6.07 Å². The molecule has 0 radical (unpaired) electrons. The second-order valence-corrected chi connectivity index (χ2v) is 5.39. The first-order chi connectivity index (χ1) is 10.3. The van der Waals surface area contributed by atoms with Crippen LogP contribution in [0.4, 0.5) is 0 Å². The number of piperidine rings is 1. The molecule has 112 valence electrons. The number of nitrogens with one attached hydrogen (secondary N) is 2. The molecular formula is C16H20N2O3. The first kappa shape index (κ1) is 13.9. The summed E-state index contributed by atoms with van der Waals surface area (Å²) in [5, 5.41) is 3.96. The molecule has 0 aliphatic carbocycles. The van der Waals surface area contributed by atoms with Crippen molar-refractivity contribution in [3.8, 4) is 11.5 Å². The third-order valence-corrected chi connectivity index (χ3v) is 3.98. The van der Waals surface area contributed by atoms with Crippen LogP contribution in [-0.4, -0.2) is 31.8 Å². The van der Waals surface area contributed by atoms with Gasteiger partial charge in [0.25, 0.3) is 0 Å². The van der Waals surface area contributed by atoms with E-state index in [2.05, 4.69) is 10.3 Å². The van der Waals surface area contributed by atoms with Gasteiger partial charge in [0.05, 0.1) is 19.2 Å². The Kier molecular flexibility index (Phi) is 4.10. The molecule has 1 saturated heterocycles. The van der Waals surface area contributed by atoms with E-state index in [0.717, 1.165) is 31.4 Å². The predicted molar refractivity (Wildman–Crippen MR) is 82.2 cm³/mol. The van der Waals surface area contributed by atoms with Crippen LogP contribution in [0.2, 0.25) is 0 Å².